The van der Waals surface area contributed by atoms with E-state index >= 15 is 0 Å². The van der Waals surface area contributed by atoms with E-state index in [2.05, 4.69) is 217 Å². The van der Waals surface area contributed by atoms with Crippen LogP contribution in [-0.4, -0.2) is 19.1 Å². The smallest absolute Gasteiger partial charge is 0.111 e. The number of hydrogen-bond donors (Lipinski definition) is 0. The number of aryl methyl sites for hydroxylation is 2. The zero-order chi connectivity index (χ0) is 38.7. The van der Waals surface area contributed by atoms with Crippen LogP contribution in [0.4, 0.5) is 0 Å². The average molecular weight is 743 g/mol. The molecule has 2 heterocycles. The molecule has 0 bridgehead atoms. The fourth-order valence-electron chi connectivity index (χ4n) is 8.99. The third kappa shape index (κ3) is 5.53. The second-order valence-corrected chi connectivity index (χ2v) is 15.1. The molecule has 4 nitrogen and oxygen atoms in total. The monoisotopic (exact) mass is 742 g/mol. The summed E-state index contributed by atoms with van der Waals surface area (Å²) < 4.78 is 4.46. The Hall–Kier alpha value is -7.56. The van der Waals surface area contributed by atoms with Gasteiger partial charge in [0.15, 0.2) is 0 Å². The number of nitrogens with zero attached hydrogens (tertiary/aromatic N) is 4. The van der Waals surface area contributed by atoms with Crippen LogP contribution in [0.25, 0.3) is 99.5 Å². The van der Waals surface area contributed by atoms with Gasteiger partial charge in [-0.3, -0.25) is 9.13 Å². The molecule has 0 amide bonds. The summed E-state index contributed by atoms with van der Waals surface area (Å²) in [7, 11) is 0. The van der Waals surface area contributed by atoms with Gasteiger partial charge in [0.2, 0.25) is 0 Å². The van der Waals surface area contributed by atoms with Gasteiger partial charge < -0.3 is 0 Å². The number of hydrogen-bond acceptors (Lipinski definition) is 2. The zero-order valence-corrected chi connectivity index (χ0v) is 32.3. The lowest BCUT2D eigenvalue weighted by molar-refractivity contribution is 1.00. The lowest BCUT2D eigenvalue weighted by Crippen LogP contribution is -1.96. The van der Waals surface area contributed by atoms with Gasteiger partial charge in [0.1, 0.15) is 11.6 Å². The third-order valence-electron chi connectivity index (χ3n) is 11.6. The summed E-state index contributed by atoms with van der Waals surface area (Å²) in [6.45, 7) is 4.16. The van der Waals surface area contributed by atoms with Gasteiger partial charge in [-0.15, -0.1) is 0 Å². The first-order valence-electron chi connectivity index (χ1n) is 19.8. The lowest BCUT2D eigenvalue weighted by Gasteiger charge is -2.19. The Morgan fingerprint density at radius 1 is 0.310 bits per heavy atom. The Morgan fingerprint density at radius 3 is 1.05 bits per heavy atom. The number of aromatic nitrogens is 4. The van der Waals surface area contributed by atoms with Crippen molar-refractivity contribution >= 4 is 43.6 Å². The van der Waals surface area contributed by atoms with Crippen LogP contribution in [0.5, 0.6) is 0 Å². The van der Waals surface area contributed by atoms with E-state index < -0.39 is 0 Å². The van der Waals surface area contributed by atoms with Crippen molar-refractivity contribution in [1.82, 2.24) is 19.1 Å². The summed E-state index contributed by atoms with van der Waals surface area (Å²) in [5.41, 5.74) is 15.9. The Balaban J connectivity index is 1.12. The van der Waals surface area contributed by atoms with Crippen molar-refractivity contribution in [2.75, 3.05) is 0 Å². The van der Waals surface area contributed by atoms with Crippen LogP contribution in [0.15, 0.2) is 194 Å². The average Bonchev–Trinajstić information content (AvgIpc) is 3.80. The highest BCUT2D eigenvalue weighted by Crippen LogP contribution is 2.46. The van der Waals surface area contributed by atoms with Crippen molar-refractivity contribution in [2.45, 2.75) is 13.8 Å². The molecule has 0 N–H and O–H groups in total. The van der Waals surface area contributed by atoms with Crippen LogP contribution in [-0.2, 0) is 0 Å². The van der Waals surface area contributed by atoms with Crippen molar-refractivity contribution in [3.63, 3.8) is 0 Å². The first kappa shape index (κ1) is 33.8. The summed E-state index contributed by atoms with van der Waals surface area (Å²) in [5, 5.41) is 4.88. The molecule has 274 valence electrons. The summed E-state index contributed by atoms with van der Waals surface area (Å²) in [4.78, 5) is 10.0. The minimum atomic E-state index is 0.971. The van der Waals surface area contributed by atoms with Crippen LogP contribution in [0.3, 0.4) is 0 Å². The summed E-state index contributed by atoms with van der Waals surface area (Å²) in [5.74, 6) is 1.94. The predicted molar refractivity (Wildman–Crippen MR) is 242 cm³/mol. The van der Waals surface area contributed by atoms with E-state index in [1.54, 1.807) is 0 Å². The number of imidazole rings is 2. The van der Waals surface area contributed by atoms with E-state index in [-0.39, 0.29) is 0 Å². The molecular weight excluding hydrogens is 705 g/mol. The molecule has 0 saturated carbocycles. The molecular formula is C54H38N4. The minimum Gasteiger partial charge on any atom is -0.297 e. The first-order chi connectivity index (χ1) is 28.6. The van der Waals surface area contributed by atoms with Gasteiger partial charge in [-0.25, -0.2) is 9.97 Å². The van der Waals surface area contributed by atoms with Crippen LogP contribution < -0.4 is 0 Å². The van der Waals surface area contributed by atoms with Crippen LogP contribution in [0, 0.1) is 13.8 Å². The van der Waals surface area contributed by atoms with Gasteiger partial charge in [-0.05, 0) is 141 Å². The third-order valence-corrected chi connectivity index (χ3v) is 11.6. The number of benzene rings is 9. The van der Waals surface area contributed by atoms with Crippen molar-refractivity contribution in [1.29, 1.82) is 0 Å². The Labute approximate surface area is 337 Å². The first-order valence-corrected chi connectivity index (χ1v) is 19.8. The van der Waals surface area contributed by atoms with Crippen molar-refractivity contribution in [2.24, 2.45) is 0 Å². The second-order valence-electron chi connectivity index (χ2n) is 15.1. The van der Waals surface area contributed by atoms with Crippen LogP contribution in [0.1, 0.15) is 11.6 Å². The molecule has 4 heteroatoms. The molecule has 58 heavy (non-hydrogen) atoms. The highest BCUT2D eigenvalue weighted by atomic mass is 15.1. The van der Waals surface area contributed by atoms with E-state index in [0.29, 0.717) is 0 Å². The fourth-order valence-corrected chi connectivity index (χ4v) is 8.99. The standard InChI is InChI=1S/C54H38N4/c1-35-55-49-33-41(25-29-51(49)57(35)43-19-11-5-12-20-43)39-23-27-45-47(31-39)53(37-15-7-3-8-16-37)46-28-24-40(32-48(46)54(45)38-17-9-4-10-18-38)42-26-30-52-50(34-42)56-36(2)58(52)44-21-13-6-14-22-44/h3-34H,1-2H3. The normalized spacial score (nSPS) is 11.6. The van der Waals surface area contributed by atoms with E-state index in [9.17, 15) is 0 Å². The number of fused-ring (bicyclic) bond motifs is 4. The number of para-hydroxylation sites is 2. The van der Waals surface area contributed by atoms with E-state index in [1.165, 1.54) is 43.8 Å². The van der Waals surface area contributed by atoms with E-state index in [0.717, 1.165) is 67.3 Å². The fraction of sp³-hybridized carbons (Fsp3) is 0.0370. The molecule has 0 atom stereocenters. The van der Waals surface area contributed by atoms with Gasteiger partial charge >= 0.3 is 0 Å². The Morgan fingerprint density at radius 2 is 0.655 bits per heavy atom. The summed E-state index contributed by atoms with van der Waals surface area (Å²) >= 11 is 0. The molecule has 11 rings (SSSR count). The molecule has 2 aromatic heterocycles. The van der Waals surface area contributed by atoms with Crippen molar-refractivity contribution < 1.29 is 0 Å². The Kier molecular flexibility index (Phi) is 7.90. The zero-order valence-electron chi connectivity index (χ0n) is 32.3. The summed E-state index contributed by atoms with van der Waals surface area (Å²) in [6.07, 6.45) is 0. The molecule has 0 saturated heterocycles. The SMILES string of the molecule is Cc1nc2cc(-c3ccc4c(-c5ccccc5)c5cc(-c6ccc7c(c6)nc(C)n7-c6ccccc6)ccc5c(-c5ccccc5)c4c3)ccc2n1-c1ccccc1. The minimum absolute atomic E-state index is 0.971. The molecule has 0 spiro atoms. The van der Waals surface area contributed by atoms with Gasteiger partial charge in [-0.2, -0.15) is 0 Å². The number of rotatable bonds is 6. The highest BCUT2D eigenvalue weighted by molar-refractivity contribution is 6.22. The van der Waals surface area contributed by atoms with E-state index in [4.69, 9.17) is 9.97 Å². The van der Waals surface area contributed by atoms with Gasteiger partial charge in [0.05, 0.1) is 22.1 Å². The lowest BCUT2D eigenvalue weighted by atomic mass is 9.84. The Bertz CT molecular complexity index is 3100. The van der Waals surface area contributed by atoms with E-state index in [1.807, 2.05) is 0 Å². The quantitative estimate of drug-likeness (QED) is 0.159. The summed E-state index contributed by atoms with van der Waals surface area (Å²) in [6, 6.07) is 70.0. The van der Waals surface area contributed by atoms with Crippen LogP contribution >= 0.6 is 0 Å². The molecule has 0 aliphatic heterocycles. The maximum atomic E-state index is 5.02. The largest absolute Gasteiger partial charge is 0.297 e. The maximum Gasteiger partial charge on any atom is 0.111 e. The highest BCUT2D eigenvalue weighted by Gasteiger charge is 2.20. The molecule has 0 fully saturated rings. The van der Waals surface area contributed by atoms with Gasteiger partial charge in [0.25, 0.3) is 0 Å². The molecule has 0 aliphatic rings. The second kappa shape index (κ2) is 13.6. The topological polar surface area (TPSA) is 35.6 Å². The van der Waals surface area contributed by atoms with Crippen molar-refractivity contribution in [3.8, 4) is 55.9 Å². The maximum absolute atomic E-state index is 5.02. The van der Waals surface area contributed by atoms with Gasteiger partial charge in [-0.1, -0.05) is 133 Å². The predicted octanol–water partition coefficient (Wildman–Crippen LogP) is 14.0. The molecule has 9 aromatic carbocycles. The molecule has 0 aliphatic carbocycles. The molecule has 0 radical (unpaired) electrons. The van der Waals surface area contributed by atoms with Crippen LogP contribution in [0.2, 0.25) is 0 Å². The molecule has 0 unspecified atom stereocenters. The van der Waals surface area contributed by atoms with Gasteiger partial charge in [0, 0.05) is 11.4 Å². The van der Waals surface area contributed by atoms with Crippen molar-refractivity contribution in [3.05, 3.63) is 206 Å². The molecule has 11 aromatic rings.